The van der Waals surface area contributed by atoms with Crippen molar-refractivity contribution < 1.29 is 8.78 Å². The average Bonchev–Trinajstić information content (AvgIpc) is 2.80. The fourth-order valence-corrected chi connectivity index (χ4v) is 3.84. The van der Waals surface area contributed by atoms with Crippen LogP contribution in [-0.4, -0.2) is 4.98 Å². The predicted octanol–water partition coefficient (Wildman–Crippen LogP) is 5.53. The molecule has 2 heterocycles. The number of thiophene rings is 1. The Morgan fingerprint density at radius 2 is 1.90 bits per heavy atom. The molecule has 0 aliphatic heterocycles. The van der Waals surface area contributed by atoms with Gasteiger partial charge in [-0.3, -0.25) is 0 Å². The molecule has 0 fully saturated rings. The number of fused-ring (bicyclic) bond motifs is 5. The van der Waals surface area contributed by atoms with Crippen LogP contribution in [0.5, 0.6) is 0 Å². The van der Waals surface area contributed by atoms with Gasteiger partial charge in [-0.2, -0.15) is 0 Å². The number of hydrogen-bond donors (Lipinski definition) is 0. The Labute approximate surface area is 121 Å². The maximum atomic E-state index is 13.9. The van der Waals surface area contributed by atoms with Gasteiger partial charge in [0.25, 0.3) is 0 Å². The van der Waals surface area contributed by atoms with Crippen molar-refractivity contribution >= 4 is 54.0 Å². The molecule has 5 heteroatoms. The number of nitrogens with zero attached hydrogens (tertiary/aromatic N) is 1. The second kappa shape index (κ2) is 4.11. The highest BCUT2D eigenvalue weighted by atomic mass is 35.5. The van der Waals surface area contributed by atoms with E-state index in [1.54, 1.807) is 18.2 Å². The zero-order valence-electron chi connectivity index (χ0n) is 9.95. The number of pyridine rings is 1. The Morgan fingerprint density at radius 3 is 2.75 bits per heavy atom. The van der Waals surface area contributed by atoms with Gasteiger partial charge in [-0.15, -0.1) is 11.3 Å². The standard InChI is InChI=1S/C15H6ClF2NS/c16-15-14-12(8-2-1-3-10(18)13(8)19-15)9-6-7(17)4-5-11(9)20-14/h1-6H. The lowest BCUT2D eigenvalue weighted by molar-refractivity contribution is 0.630. The summed E-state index contributed by atoms with van der Waals surface area (Å²) in [5.41, 5.74) is 0.217. The first-order valence-electron chi connectivity index (χ1n) is 5.90. The molecular weight excluding hydrogens is 300 g/mol. The van der Waals surface area contributed by atoms with Gasteiger partial charge in [0.15, 0.2) is 0 Å². The summed E-state index contributed by atoms with van der Waals surface area (Å²) in [6, 6.07) is 9.30. The maximum absolute atomic E-state index is 13.9. The first-order valence-corrected chi connectivity index (χ1v) is 7.10. The molecule has 0 atom stereocenters. The summed E-state index contributed by atoms with van der Waals surface area (Å²) in [7, 11) is 0. The van der Waals surface area contributed by atoms with Gasteiger partial charge in [-0.1, -0.05) is 23.7 Å². The third-order valence-electron chi connectivity index (χ3n) is 3.30. The van der Waals surface area contributed by atoms with Crippen molar-refractivity contribution in [2.75, 3.05) is 0 Å². The van der Waals surface area contributed by atoms with Gasteiger partial charge in [-0.25, -0.2) is 13.8 Å². The molecule has 98 valence electrons. The van der Waals surface area contributed by atoms with Crippen LogP contribution < -0.4 is 0 Å². The fraction of sp³-hybridized carbons (Fsp3) is 0. The summed E-state index contributed by atoms with van der Waals surface area (Å²) in [5.74, 6) is -0.753. The Kier molecular flexibility index (Phi) is 2.46. The number of benzene rings is 2. The lowest BCUT2D eigenvalue weighted by Gasteiger charge is -2.02. The molecule has 4 rings (SSSR count). The summed E-state index contributed by atoms with van der Waals surface area (Å²) in [6.07, 6.45) is 0. The normalized spacial score (nSPS) is 11.8. The Morgan fingerprint density at radius 1 is 1.05 bits per heavy atom. The largest absolute Gasteiger partial charge is 0.231 e. The van der Waals surface area contributed by atoms with Crippen LogP contribution in [0.25, 0.3) is 31.1 Å². The van der Waals surface area contributed by atoms with Gasteiger partial charge < -0.3 is 0 Å². The van der Waals surface area contributed by atoms with Crippen LogP contribution in [0.1, 0.15) is 0 Å². The van der Waals surface area contributed by atoms with Gasteiger partial charge in [-0.05, 0) is 24.3 Å². The molecule has 0 aliphatic rings. The SMILES string of the molecule is Fc1ccc2sc3c(Cl)nc4c(F)cccc4c3c2c1. The highest BCUT2D eigenvalue weighted by molar-refractivity contribution is 7.26. The number of halogens is 3. The molecule has 2 aromatic heterocycles. The molecule has 0 saturated carbocycles. The highest BCUT2D eigenvalue weighted by Gasteiger charge is 2.15. The maximum Gasteiger partial charge on any atom is 0.149 e. The van der Waals surface area contributed by atoms with Crippen LogP contribution in [0.2, 0.25) is 5.15 Å². The van der Waals surface area contributed by atoms with Gasteiger partial charge in [0, 0.05) is 20.9 Å². The Balaban J connectivity index is 2.37. The zero-order valence-corrected chi connectivity index (χ0v) is 11.5. The van der Waals surface area contributed by atoms with Gasteiger partial charge >= 0.3 is 0 Å². The molecule has 2 aromatic carbocycles. The van der Waals surface area contributed by atoms with E-state index in [9.17, 15) is 8.78 Å². The van der Waals surface area contributed by atoms with Crippen molar-refractivity contribution in [3.05, 3.63) is 53.2 Å². The van der Waals surface area contributed by atoms with E-state index in [0.29, 0.717) is 5.39 Å². The molecule has 0 bridgehead atoms. The summed E-state index contributed by atoms with van der Waals surface area (Å²) < 4.78 is 29.1. The number of hydrogen-bond acceptors (Lipinski definition) is 2. The molecule has 1 nitrogen and oxygen atoms in total. The summed E-state index contributed by atoms with van der Waals surface area (Å²) in [5, 5.41) is 2.41. The van der Waals surface area contributed by atoms with Crippen molar-refractivity contribution in [3.8, 4) is 0 Å². The smallest absolute Gasteiger partial charge is 0.149 e. The minimum Gasteiger partial charge on any atom is -0.231 e. The first kappa shape index (κ1) is 12.0. The van der Waals surface area contributed by atoms with Crippen LogP contribution in [0.3, 0.4) is 0 Å². The number of aromatic nitrogens is 1. The second-order valence-corrected chi connectivity index (χ2v) is 5.90. The molecule has 0 aliphatic carbocycles. The van der Waals surface area contributed by atoms with Gasteiger partial charge in [0.2, 0.25) is 0 Å². The lowest BCUT2D eigenvalue weighted by Crippen LogP contribution is -1.86. The lowest BCUT2D eigenvalue weighted by atomic mass is 10.1. The number of rotatable bonds is 0. The summed E-state index contributed by atoms with van der Waals surface area (Å²) in [6.45, 7) is 0. The quantitative estimate of drug-likeness (QED) is 0.389. The van der Waals surface area contributed by atoms with Crippen LogP contribution in [0.4, 0.5) is 8.78 Å². The van der Waals surface area contributed by atoms with E-state index < -0.39 is 5.82 Å². The van der Waals surface area contributed by atoms with Gasteiger partial charge in [0.05, 0.1) is 4.70 Å². The molecule has 0 unspecified atom stereocenters. The van der Waals surface area contributed by atoms with E-state index in [-0.39, 0.29) is 16.5 Å². The third kappa shape index (κ3) is 1.55. The molecule has 0 N–H and O–H groups in total. The molecular formula is C15H6ClF2NS. The monoisotopic (exact) mass is 305 g/mol. The van der Waals surface area contributed by atoms with E-state index in [4.69, 9.17) is 11.6 Å². The molecule has 20 heavy (non-hydrogen) atoms. The predicted molar refractivity (Wildman–Crippen MR) is 79.6 cm³/mol. The number of para-hydroxylation sites is 1. The molecule has 4 aromatic rings. The van der Waals surface area contributed by atoms with Crippen molar-refractivity contribution in [2.24, 2.45) is 0 Å². The van der Waals surface area contributed by atoms with Crippen LogP contribution in [0.15, 0.2) is 36.4 Å². The molecule has 0 amide bonds. The second-order valence-electron chi connectivity index (χ2n) is 4.49. The van der Waals surface area contributed by atoms with E-state index in [2.05, 4.69) is 4.98 Å². The average molecular weight is 306 g/mol. The summed E-state index contributed by atoms with van der Waals surface area (Å²) >= 11 is 7.59. The van der Waals surface area contributed by atoms with Crippen molar-refractivity contribution in [1.29, 1.82) is 0 Å². The Bertz CT molecular complexity index is 994. The minimum atomic E-state index is -0.429. The third-order valence-corrected chi connectivity index (χ3v) is 4.87. The molecule has 0 saturated heterocycles. The minimum absolute atomic E-state index is 0.217. The van der Waals surface area contributed by atoms with Crippen molar-refractivity contribution in [3.63, 3.8) is 0 Å². The molecule has 0 spiro atoms. The van der Waals surface area contributed by atoms with Gasteiger partial charge in [0.1, 0.15) is 22.3 Å². The zero-order chi connectivity index (χ0) is 13.9. The topological polar surface area (TPSA) is 12.9 Å². The van der Waals surface area contributed by atoms with Crippen molar-refractivity contribution in [2.45, 2.75) is 0 Å². The van der Waals surface area contributed by atoms with Crippen LogP contribution in [-0.2, 0) is 0 Å². The van der Waals surface area contributed by atoms with E-state index in [0.717, 1.165) is 20.2 Å². The van der Waals surface area contributed by atoms with E-state index in [1.165, 1.54) is 29.5 Å². The molecule has 0 radical (unpaired) electrons. The Hall–Kier alpha value is -1.78. The van der Waals surface area contributed by atoms with Crippen molar-refractivity contribution in [1.82, 2.24) is 4.98 Å². The van der Waals surface area contributed by atoms with Crippen LogP contribution in [0, 0.1) is 11.6 Å². The highest BCUT2D eigenvalue weighted by Crippen LogP contribution is 2.41. The summed E-state index contributed by atoms with van der Waals surface area (Å²) in [4.78, 5) is 4.13. The fourth-order valence-electron chi connectivity index (χ4n) is 2.46. The first-order chi connectivity index (χ1) is 9.65. The van der Waals surface area contributed by atoms with E-state index >= 15 is 0 Å². The van der Waals surface area contributed by atoms with Crippen LogP contribution >= 0.6 is 22.9 Å². The van der Waals surface area contributed by atoms with E-state index in [1.807, 2.05) is 0 Å².